The average Bonchev–Trinajstić information content (AvgIpc) is 2.00. The van der Waals surface area contributed by atoms with Gasteiger partial charge in [-0.15, -0.1) is 0 Å². The SMILES string of the molecule is CC/C=C(/C=C\C=C(/C)O)C(F)(F)F. The number of alkyl halides is 3. The van der Waals surface area contributed by atoms with Gasteiger partial charge in [-0.25, -0.2) is 0 Å². The van der Waals surface area contributed by atoms with E-state index in [2.05, 4.69) is 0 Å². The first-order valence-corrected chi connectivity index (χ1v) is 4.19. The lowest BCUT2D eigenvalue weighted by atomic mass is 10.2. The maximum absolute atomic E-state index is 12.2. The van der Waals surface area contributed by atoms with E-state index in [0.29, 0.717) is 6.42 Å². The normalized spacial score (nSPS) is 15.2. The van der Waals surface area contributed by atoms with E-state index in [1.165, 1.54) is 19.1 Å². The van der Waals surface area contributed by atoms with E-state index in [0.717, 1.165) is 12.2 Å². The van der Waals surface area contributed by atoms with Gasteiger partial charge < -0.3 is 5.11 Å². The van der Waals surface area contributed by atoms with Crippen molar-refractivity contribution in [3.05, 3.63) is 35.6 Å². The van der Waals surface area contributed by atoms with Crippen LogP contribution in [-0.2, 0) is 0 Å². The first-order chi connectivity index (χ1) is 6.38. The molecule has 1 N–H and O–H groups in total. The third-order valence-corrected chi connectivity index (χ3v) is 1.36. The van der Waals surface area contributed by atoms with Crippen LogP contribution < -0.4 is 0 Å². The van der Waals surface area contributed by atoms with Crippen molar-refractivity contribution in [3.63, 3.8) is 0 Å². The van der Waals surface area contributed by atoms with E-state index in [4.69, 9.17) is 5.11 Å². The van der Waals surface area contributed by atoms with Crippen LogP contribution >= 0.6 is 0 Å². The van der Waals surface area contributed by atoms with Crippen LogP contribution in [0.25, 0.3) is 0 Å². The van der Waals surface area contributed by atoms with Gasteiger partial charge in [0.05, 0.1) is 11.3 Å². The lowest BCUT2D eigenvalue weighted by Gasteiger charge is -2.06. The monoisotopic (exact) mass is 206 g/mol. The molecule has 14 heavy (non-hydrogen) atoms. The van der Waals surface area contributed by atoms with Crippen molar-refractivity contribution < 1.29 is 18.3 Å². The standard InChI is InChI=1S/C10H13F3O/c1-3-5-9(10(11,12)13)7-4-6-8(2)14/h4-7,14H,3H2,1-2H3/b7-4-,8-6+,9-5-. The Kier molecular flexibility index (Phi) is 5.05. The molecule has 0 aromatic heterocycles. The van der Waals surface area contributed by atoms with E-state index in [-0.39, 0.29) is 5.76 Å². The molecule has 0 amide bonds. The molecule has 4 heteroatoms. The quantitative estimate of drug-likeness (QED) is 0.548. The zero-order valence-corrected chi connectivity index (χ0v) is 8.10. The van der Waals surface area contributed by atoms with Crippen molar-refractivity contribution in [1.82, 2.24) is 0 Å². The maximum Gasteiger partial charge on any atom is 0.416 e. The second-order valence-electron chi connectivity index (χ2n) is 2.73. The Balaban J connectivity index is 4.65. The van der Waals surface area contributed by atoms with Gasteiger partial charge in [0.25, 0.3) is 0 Å². The molecule has 0 saturated heterocycles. The molecule has 0 heterocycles. The van der Waals surface area contributed by atoms with Crippen LogP contribution in [0, 0.1) is 0 Å². The molecule has 0 aliphatic rings. The molecule has 0 aliphatic carbocycles. The van der Waals surface area contributed by atoms with Crippen LogP contribution in [0.3, 0.4) is 0 Å². The first kappa shape index (κ1) is 12.8. The summed E-state index contributed by atoms with van der Waals surface area (Å²) >= 11 is 0. The molecule has 0 spiro atoms. The summed E-state index contributed by atoms with van der Waals surface area (Å²) in [7, 11) is 0. The van der Waals surface area contributed by atoms with E-state index in [1.807, 2.05) is 0 Å². The van der Waals surface area contributed by atoms with Gasteiger partial charge in [0, 0.05) is 0 Å². The fraction of sp³-hybridized carbons (Fsp3) is 0.400. The van der Waals surface area contributed by atoms with Crippen LogP contribution in [-0.4, -0.2) is 11.3 Å². The summed E-state index contributed by atoms with van der Waals surface area (Å²) in [5, 5.41) is 8.71. The largest absolute Gasteiger partial charge is 0.513 e. The van der Waals surface area contributed by atoms with Crippen LogP contribution in [0.4, 0.5) is 13.2 Å². The predicted octanol–water partition coefficient (Wildman–Crippen LogP) is 3.90. The smallest absolute Gasteiger partial charge is 0.416 e. The maximum atomic E-state index is 12.2. The highest BCUT2D eigenvalue weighted by molar-refractivity contribution is 5.26. The second kappa shape index (κ2) is 5.52. The summed E-state index contributed by atoms with van der Waals surface area (Å²) in [6, 6.07) is 0. The molecular weight excluding hydrogens is 193 g/mol. The number of hydrogen-bond donors (Lipinski definition) is 1. The minimum absolute atomic E-state index is 0.0285. The highest BCUT2D eigenvalue weighted by Gasteiger charge is 2.30. The number of allylic oxidation sites excluding steroid dienone is 6. The topological polar surface area (TPSA) is 20.2 Å². The Morgan fingerprint density at radius 3 is 2.29 bits per heavy atom. The molecule has 0 bridgehead atoms. The van der Waals surface area contributed by atoms with Gasteiger partial charge >= 0.3 is 6.18 Å². The highest BCUT2D eigenvalue weighted by atomic mass is 19.4. The number of aliphatic hydroxyl groups is 1. The summed E-state index contributed by atoms with van der Waals surface area (Å²) < 4.78 is 36.7. The highest BCUT2D eigenvalue weighted by Crippen LogP contribution is 2.26. The van der Waals surface area contributed by atoms with Crippen molar-refractivity contribution in [3.8, 4) is 0 Å². The summed E-state index contributed by atoms with van der Waals surface area (Å²) in [6.45, 7) is 3.02. The van der Waals surface area contributed by atoms with Crippen LogP contribution in [0.2, 0.25) is 0 Å². The van der Waals surface area contributed by atoms with E-state index >= 15 is 0 Å². The Hall–Kier alpha value is -1.19. The van der Waals surface area contributed by atoms with Gasteiger partial charge in [0.2, 0.25) is 0 Å². The van der Waals surface area contributed by atoms with E-state index < -0.39 is 11.7 Å². The molecule has 0 fully saturated rings. The van der Waals surface area contributed by atoms with E-state index in [1.54, 1.807) is 6.92 Å². The Morgan fingerprint density at radius 1 is 1.36 bits per heavy atom. The minimum atomic E-state index is -4.33. The van der Waals surface area contributed by atoms with Crippen molar-refractivity contribution in [2.45, 2.75) is 26.4 Å². The molecule has 80 valence electrons. The molecule has 0 aromatic carbocycles. The second-order valence-corrected chi connectivity index (χ2v) is 2.73. The lowest BCUT2D eigenvalue weighted by molar-refractivity contribution is -0.0884. The fourth-order valence-electron chi connectivity index (χ4n) is 0.789. The molecule has 0 atom stereocenters. The van der Waals surface area contributed by atoms with Gasteiger partial charge in [-0.05, 0) is 19.4 Å². The van der Waals surface area contributed by atoms with Gasteiger partial charge in [-0.2, -0.15) is 13.2 Å². The van der Waals surface area contributed by atoms with Gasteiger partial charge in [0.15, 0.2) is 0 Å². The van der Waals surface area contributed by atoms with Crippen molar-refractivity contribution in [2.24, 2.45) is 0 Å². The summed E-state index contributed by atoms with van der Waals surface area (Å²) in [5.74, 6) is -0.0285. The zero-order chi connectivity index (χ0) is 11.2. The predicted molar refractivity (Wildman–Crippen MR) is 50.0 cm³/mol. The number of halogens is 3. The van der Waals surface area contributed by atoms with E-state index in [9.17, 15) is 13.2 Å². The van der Waals surface area contributed by atoms with Gasteiger partial charge in [-0.1, -0.05) is 25.2 Å². The zero-order valence-electron chi connectivity index (χ0n) is 8.10. The minimum Gasteiger partial charge on any atom is -0.513 e. The Labute approximate surface area is 81.2 Å². The van der Waals surface area contributed by atoms with Gasteiger partial charge in [0.1, 0.15) is 0 Å². The third kappa shape index (κ3) is 5.45. The number of aliphatic hydroxyl groups excluding tert-OH is 1. The molecule has 0 saturated carbocycles. The average molecular weight is 206 g/mol. The molecule has 1 nitrogen and oxygen atoms in total. The first-order valence-electron chi connectivity index (χ1n) is 4.19. The summed E-state index contributed by atoms with van der Waals surface area (Å²) in [6.07, 6.45) is 0.393. The molecule has 0 rings (SSSR count). The molecular formula is C10H13F3O. The van der Waals surface area contributed by atoms with Crippen LogP contribution in [0.1, 0.15) is 20.3 Å². The van der Waals surface area contributed by atoms with Crippen LogP contribution in [0.5, 0.6) is 0 Å². The Morgan fingerprint density at radius 2 is 1.93 bits per heavy atom. The Bertz CT molecular complexity index is 255. The van der Waals surface area contributed by atoms with Crippen molar-refractivity contribution >= 4 is 0 Å². The van der Waals surface area contributed by atoms with Crippen molar-refractivity contribution in [2.75, 3.05) is 0 Å². The van der Waals surface area contributed by atoms with Crippen LogP contribution in [0.15, 0.2) is 35.6 Å². The summed E-state index contributed by atoms with van der Waals surface area (Å²) in [4.78, 5) is 0. The number of hydrogen-bond acceptors (Lipinski definition) is 1. The lowest BCUT2D eigenvalue weighted by Crippen LogP contribution is -2.09. The molecule has 0 aromatic rings. The molecule has 0 radical (unpaired) electrons. The molecule has 0 unspecified atom stereocenters. The fourth-order valence-corrected chi connectivity index (χ4v) is 0.789. The van der Waals surface area contributed by atoms with Gasteiger partial charge in [-0.3, -0.25) is 0 Å². The number of rotatable bonds is 3. The third-order valence-electron chi connectivity index (χ3n) is 1.36. The van der Waals surface area contributed by atoms with Crippen molar-refractivity contribution in [1.29, 1.82) is 0 Å². The molecule has 0 aliphatic heterocycles. The summed E-state index contributed by atoms with van der Waals surface area (Å²) in [5.41, 5.74) is -0.697.